The highest BCUT2D eigenvalue weighted by atomic mass is 16.5. The Kier molecular flexibility index (Phi) is 7.97. The van der Waals surface area contributed by atoms with Crippen molar-refractivity contribution in [3.05, 3.63) is 75.3 Å². The Balaban J connectivity index is 2.53. The predicted molar refractivity (Wildman–Crippen MR) is 150 cm³/mol. The molecular formula is C31H40N2O3. The first kappa shape index (κ1) is 27.4. The van der Waals surface area contributed by atoms with Crippen LogP contribution >= 0.6 is 0 Å². The molecule has 0 saturated heterocycles. The average molecular weight is 489 g/mol. The molecule has 0 aliphatic carbocycles. The van der Waals surface area contributed by atoms with Gasteiger partial charge in [0.15, 0.2) is 6.10 Å². The van der Waals surface area contributed by atoms with Crippen LogP contribution in [0, 0.1) is 41.5 Å². The van der Waals surface area contributed by atoms with Crippen molar-refractivity contribution in [2.24, 2.45) is 0 Å². The molecular weight excluding hydrogens is 448 g/mol. The summed E-state index contributed by atoms with van der Waals surface area (Å²) in [6, 6.07) is 12.8. The van der Waals surface area contributed by atoms with Crippen LogP contribution in [0.5, 0.6) is 0 Å². The van der Waals surface area contributed by atoms with Gasteiger partial charge < -0.3 is 15.3 Å². The van der Waals surface area contributed by atoms with E-state index in [1.54, 1.807) is 0 Å². The van der Waals surface area contributed by atoms with Crippen LogP contribution in [0.4, 0.5) is 5.69 Å². The fraction of sp³-hybridized carbons (Fsp3) is 0.387. The van der Waals surface area contributed by atoms with Crippen LogP contribution in [0.25, 0.3) is 22.3 Å². The van der Waals surface area contributed by atoms with Crippen LogP contribution in [-0.2, 0) is 9.53 Å². The minimum atomic E-state index is -1.13. The van der Waals surface area contributed by atoms with Gasteiger partial charge in [0.05, 0.1) is 11.3 Å². The fourth-order valence-electron chi connectivity index (χ4n) is 4.75. The Morgan fingerprint density at radius 1 is 0.806 bits per heavy atom. The van der Waals surface area contributed by atoms with Gasteiger partial charge in [-0.05, 0) is 112 Å². The Morgan fingerprint density at radius 2 is 1.31 bits per heavy atom. The number of aryl methyl sites for hydroxylation is 4. The van der Waals surface area contributed by atoms with Crippen molar-refractivity contribution in [1.82, 2.24) is 5.43 Å². The summed E-state index contributed by atoms with van der Waals surface area (Å²) < 4.78 is 6.20. The van der Waals surface area contributed by atoms with Gasteiger partial charge in [-0.3, -0.25) is 0 Å². The van der Waals surface area contributed by atoms with Gasteiger partial charge >= 0.3 is 5.97 Å². The topological polar surface area (TPSA) is 70.6 Å². The second-order valence-electron chi connectivity index (χ2n) is 10.7. The van der Waals surface area contributed by atoms with Gasteiger partial charge in [0, 0.05) is 18.2 Å². The lowest BCUT2D eigenvalue weighted by Gasteiger charge is -2.31. The van der Waals surface area contributed by atoms with E-state index in [4.69, 9.17) is 4.74 Å². The Bertz CT molecular complexity index is 1300. The zero-order valence-corrected chi connectivity index (χ0v) is 23.3. The van der Waals surface area contributed by atoms with E-state index >= 15 is 0 Å². The number of benzene rings is 3. The molecule has 0 spiro atoms. The molecule has 36 heavy (non-hydrogen) atoms. The van der Waals surface area contributed by atoms with Crippen molar-refractivity contribution in [2.75, 3.05) is 12.5 Å². The molecule has 0 aliphatic heterocycles. The number of anilines is 1. The zero-order chi connectivity index (χ0) is 26.9. The molecule has 0 aromatic heterocycles. The molecule has 5 heteroatoms. The third-order valence-electron chi connectivity index (χ3n) is 6.85. The van der Waals surface area contributed by atoms with Gasteiger partial charge in [-0.25, -0.2) is 10.2 Å². The summed E-state index contributed by atoms with van der Waals surface area (Å²) in [4.78, 5) is 12.7. The average Bonchev–Trinajstić information content (AvgIpc) is 2.78. The van der Waals surface area contributed by atoms with E-state index in [0.717, 1.165) is 44.6 Å². The number of carbonyl (C=O) groups is 1. The van der Waals surface area contributed by atoms with E-state index in [0.29, 0.717) is 5.56 Å². The first-order chi connectivity index (χ1) is 16.8. The zero-order valence-electron chi connectivity index (χ0n) is 23.3. The normalized spacial score (nSPS) is 12.5. The van der Waals surface area contributed by atoms with Crippen LogP contribution in [-0.4, -0.2) is 23.7 Å². The number of hydrogen-bond acceptors (Lipinski definition) is 4. The second-order valence-corrected chi connectivity index (χ2v) is 10.7. The first-order valence-electron chi connectivity index (χ1n) is 12.4. The summed E-state index contributed by atoms with van der Waals surface area (Å²) in [5.74, 6) is -1.01. The molecule has 0 amide bonds. The molecule has 0 bridgehead atoms. The quantitative estimate of drug-likeness (QED) is 0.303. The molecule has 0 fully saturated rings. The van der Waals surface area contributed by atoms with Crippen LogP contribution in [0.3, 0.4) is 0 Å². The first-order valence-corrected chi connectivity index (χ1v) is 12.4. The minimum Gasteiger partial charge on any atom is -0.479 e. The van der Waals surface area contributed by atoms with E-state index in [1.807, 2.05) is 34.7 Å². The van der Waals surface area contributed by atoms with Gasteiger partial charge in [0.1, 0.15) is 0 Å². The van der Waals surface area contributed by atoms with Crippen LogP contribution < -0.4 is 10.9 Å². The number of rotatable bonds is 7. The third kappa shape index (κ3) is 5.48. The number of hydrogen-bond donors (Lipinski definition) is 3. The molecule has 0 aliphatic rings. The monoisotopic (exact) mass is 488 g/mol. The molecule has 3 N–H and O–H groups in total. The van der Waals surface area contributed by atoms with Gasteiger partial charge in [0.2, 0.25) is 0 Å². The molecule has 3 aromatic carbocycles. The lowest BCUT2D eigenvalue weighted by molar-refractivity contribution is -0.160. The SMILES string of the molecule is CNNc1c(C)c(C(OC(C)(C)C)C(=O)O)c(-c2ccc(C)c(C)c2)c(C)c1-c1ccc(C)c(C)c1. The summed E-state index contributed by atoms with van der Waals surface area (Å²) in [6.07, 6.45) is -1.13. The molecule has 0 radical (unpaired) electrons. The van der Waals surface area contributed by atoms with E-state index in [2.05, 4.69) is 81.9 Å². The largest absolute Gasteiger partial charge is 0.479 e. The second kappa shape index (κ2) is 10.5. The third-order valence-corrected chi connectivity index (χ3v) is 6.85. The van der Waals surface area contributed by atoms with Crippen LogP contribution in [0.2, 0.25) is 0 Å². The van der Waals surface area contributed by atoms with Crippen molar-refractivity contribution in [3.63, 3.8) is 0 Å². The Hall–Kier alpha value is -3.15. The maximum absolute atomic E-state index is 12.7. The molecule has 1 atom stereocenters. The van der Waals surface area contributed by atoms with Crippen LogP contribution in [0.15, 0.2) is 36.4 Å². The van der Waals surface area contributed by atoms with Gasteiger partial charge in [-0.15, -0.1) is 0 Å². The number of nitrogens with one attached hydrogen (secondary N) is 2. The summed E-state index contributed by atoms with van der Waals surface area (Å²) >= 11 is 0. The van der Waals surface area contributed by atoms with E-state index < -0.39 is 17.7 Å². The lowest BCUT2D eigenvalue weighted by Crippen LogP contribution is -2.29. The summed E-state index contributed by atoms with van der Waals surface area (Å²) in [5.41, 5.74) is 17.9. The van der Waals surface area contributed by atoms with Crippen molar-refractivity contribution in [3.8, 4) is 22.3 Å². The smallest absolute Gasteiger partial charge is 0.337 e. The number of ether oxygens (including phenoxy) is 1. The standard InChI is InChI=1S/C31H40N2O3/c1-17-11-13-23(15-19(17)3)25-21(5)26(24-14-12-18(2)20(4)16-24)28(33-32-10)22(6)27(25)29(30(34)35)36-31(7,8)9/h11-16,29,32-33H,1-10H3,(H,34,35). The number of aliphatic carboxylic acids is 1. The molecule has 0 saturated carbocycles. The van der Waals surface area contributed by atoms with E-state index in [-0.39, 0.29) is 0 Å². The fourth-order valence-corrected chi connectivity index (χ4v) is 4.75. The highest BCUT2D eigenvalue weighted by Gasteiger charge is 2.34. The molecule has 1 unspecified atom stereocenters. The van der Waals surface area contributed by atoms with Crippen molar-refractivity contribution in [1.29, 1.82) is 0 Å². The van der Waals surface area contributed by atoms with E-state index in [9.17, 15) is 9.90 Å². The number of hydrazine groups is 1. The summed E-state index contributed by atoms with van der Waals surface area (Å²) in [5, 5.41) is 10.4. The molecule has 3 rings (SSSR count). The van der Waals surface area contributed by atoms with Crippen LogP contribution in [0.1, 0.15) is 65.8 Å². The summed E-state index contributed by atoms with van der Waals surface area (Å²) in [7, 11) is 1.82. The van der Waals surface area contributed by atoms with Gasteiger partial charge in [0.25, 0.3) is 0 Å². The van der Waals surface area contributed by atoms with Crippen molar-refractivity contribution < 1.29 is 14.6 Å². The number of carboxylic acid groups (broad SMARTS) is 1. The number of carboxylic acids is 1. The molecule has 5 nitrogen and oxygen atoms in total. The lowest BCUT2D eigenvalue weighted by atomic mass is 9.81. The summed E-state index contributed by atoms with van der Waals surface area (Å²) in [6.45, 7) is 18.1. The minimum absolute atomic E-state index is 0.646. The highest BCUT2D eigenvalue weighted by molar-refractivity contribution is 5.94. The maximum Gasteiger partial charge on any atom is 0.337 e. The molecule has 3 aromatic rings. The van der Waals surface area contributed by atoms with E-state index in [1.165, 1.54) is 16.7 Å². The Labute approximate surface area is 215 Å². The van der Waals surface area contributed by atoms with Crippen molar-refractivity contribution >= 4 is 11.7 Å². The maximum atomic E-state index is 12.7. The predicted octanol–water partition coefficient (Wildman–Crippen LogP) is 7.36. The van der Waals surface area contributed by atoms with Gasteiger partial charge in [-0.1, -0.05) is 36.4 Å². The molecule has 0 heterocycles. The highest BCUT2D eigenvalue weighted by Crippen LogP contribution is 2.47. The Morgan fingerprint density at radius 3 is 1.72 bits per heavy atom. The van der Waals surface area contributed by atoms with Crippen molar-refractivity contribution in [2.45, 2.75) is 74.0 Å². The molecule has 192 valence electrons. The van der Waals surface area contributed by atoms with Gasteiger partial charge in [-0.2, -0.15) is 0 Å².